The molecule has 3 aromatic rings. The number of fused-ring (bicyclic) bond motifs is 1. The molecule has 0 fully saturated rings. The van der Waals surface area contributed by atoms with Crippen LogP contribution in [-0.4, -0.2) is 22.9 Å². The van der Waals surface area contributed by atoms with Gasteiger partial charge in [0, 0.05) is 0 Å². The summed E-state index contributed by atoms with van der Waals surface area (Å²) in [4.78, 5) is 37.6. The highest BCUT2D eigenvalue weighted by atomic mass is 16.5. The molecule has 2 amide bonds. The Morgan fingerprint density at radius 3 is 2.24 bits per heavy atom. The van der Waals surface area contributed by atoms with Gasteiger partial charge in [0.15, 0.2) is 0 Å². The minimum absolute atomic E-state index is 0.0379. The first-order valence-corrected chi connectivity index (χ1v) is 8.96. The fourth-order valence-electron chi connectivity index (χ4n) is 3.22. The molecule has 0 atom stereocenters. The molecule has 144 valence electrons. The number of aryl methyl sites for hydroxylation is 2. The zero-order valence-corrected chi connectivity index (χ0v) is 15.8. The average molecular weight is 387 g/mol. The highest BCUT2D eigenvalue weighted by Gasteiger charge is 2.37. The third-order valence-electron chi connectivity index (χ3n) is 4.80. The van der Waals surface area contributed by atoms with Crippen molar-refractivity contribution in [2.75, 3.05) is 4.90 Å². The van der Waals surface area contributed by atoms with Crippen molar-refractivity contribution in [1.82, 2.24) is 0 Å². The van der Waals surface area contributed by atoms with Crippen molar-refractivity contribution < 1.29 is 24.2 Å². The predicted molar refractivity (Wildman–Crippen MR) is 107 cm³/mol. The number of hydrogen-bond acceptors (Lipinski definition) is 4. The molecular weight excluding hydrogens is 370 g/mol. The lowest BCUT2D eigenvalue weighted by molar-refractivity contribution is 0.0696. The van der Waals surface area contributed by atoms with E-state index >= 15 is 0 Å². The van der Waals surface area contributed by atoms with E-state index in [2.05, 4.69) is 0 Å². The maximum atomic E-state index is 12.7. The van der Waals surface area contributed by atoms with Crippen molar-refractivity contribution in [3.05, 3.63) is 88.5 Å². The van der Waals surface area contributed by atoms with Crippen molar-refractivity contribution >= 4 is 23.5 Å². The van der Waals surface area contributed by atoms with Crippen LogP contribution < -0.4 is 9.64 Å². The minimum atomic E-state index is -1.15. The van der Waals surface area contributed by atoms with Crippen molar-refractivity contribution in [2.45, 2.75) is 13.8 Å². The fraction of sp³-hybridized carbons (Fsp3) is 0.0870. The lowest BCUT2D eigenvalue weighted by Gasteiger charge is -2.15. The summed E-state index contributed by atoms with van der Waals surface area (Å²) in [6.45, 7) is 3.93. The molecule has 4 rings (SSSR count). The first-order valence-electron chi connectivity index (χ1n) is 8.96. The van der Waals surface area contributed by atoms with Crippen LogP contribution in [-0.2, 0) is 0 Å². The Morgan fingerprint density at radius 1 is 0.862 bits per heavy atom. The minimum Gasteiger partial charge on any atom is -0.478 e. The van der Waals surface area contributed by atoms with Crippen molar-refractivity contribution in [3.8, 4) is 11.5 Å². The van der Waals surface area contributed by atoms with Crippen LogP contribution in [0.25, 0.3) is 0 Å². The molecule has 0 bridgehead atoms. The van der Waals surface area contributed by atoms with Gasteiger partial charge in [-0.3, -0.25) is 9.59 Å². The van der Waals surface area contributed by atoms with E-state index in [1.54, 1.807) is 24.3 Å². The van der Waals surface area contributed by atoms with E-state index in [4.69, 9.17) is 9.84 Å². The molecule has 1 aliphatic heterocycles. The van der Waals surface area contributed by atoms with Crippen molar-refractivity contribution in [3.63, 3.8) is 0 Å². The summed E-state index contributed by atoms with van der Waals surface area (Å²) in [7, 11) is 0. The van der Waals surface area contributed by atoms with Gasteiger partial charge in [0.2, 0.25) is 0 Å². The molecule has 29 heavy (non-hydrogen) atoms. The molecule has 0 saturated carbocycles. The molecule has 1 aliphatic rings. The lowest BCUT2D eigenvalue weighted by Crippen LogP contribution is -2.29. The van der Waals surface area contributed by atoms with Crippen molar-refractivity contribution in [1.29, 1.82) is 0 Å². The smallest absolute Gasteiger partial charge is 0.335 e. The summed E-state index contributed by atoms with van der Waals surface area (Å²) < 4.78 is 5.91. The van der Waals surface area contributed by atoms with Gasteiger partial charge in [0.25, 0.3) is 11.8 Å². The van der Waals surface area contributed by atoms with E-state index in [-0.39, 0.29) is 16.7 Å². The maximum Gasteiger partial charge on any atom is 0.335 e. The largest absolute Gasteiger partial charge is 0.478 e. The van der Waals surface area contributed by atoms with E-state index < -0.39 is 17.8 Å². The molecule has 3 aromatic carbocycles. The molecule has 1 heterocycles. The number of carbonyl (C=O) groups excluding carboxylic acids is 2. The molecule has 0 aromatic heterocycles. The monoisotopic (exact) mass is 387 g/mol. The molecule has 0 aliphatic carbocycles. The van der Waals surface area contributed by atoms with Gasteiger partial charge < -0.3 is 9.84 Å². The first-order chi connectivity index (χ1) is 13.8. The molecule has 0 radical (unpaired) electrons. The van der Waals surface area contributed by atoms with Gasteiger partial charge in [-0.25, -0.2) is 9.69 Å². The average Bonchev–Trinajstić information content (AvgIpc) is 2.95. The van der Waals surface area contributed by atoms with E-state index in [1.165, 1.54) is 18.2 Å². The Bertz CT molecular complexity index is 1160. The number of anilines is 1. The van der Waals surface area contributed by atoms with Gasteiger partial charge in [-0.2, -0.15) is 0 Å². The van der Waals surface area contributed by atoms with E-state index in [1.807, 2.05) is 32.0 Å². The van der Waals surface area contributed by atoms with Gasteiger partial charge in [0.05, 0.1) is 22.4 Å². The van der Waals surface area contributed by atoms with Gasteiger partial charge in [-0.05, 0) is 73.5 Å². The van der Waals surface area contributed by atoms with Gasteiger partial charge >= 0.3 is 5.97 Å². The van der Waals surface area contributed by atoms with Crippen LogP contribution in [0.1, 0.15) is 42.2 Å². The quantitative estimate of drug-likeness (QED) is 0.662. The van der Waals surface area contributed by atoms with Crippen LogP contribution in [0.5, 0.6) is 11.5 Å². The summed E-state index contributed by atoms with van der Waals surface area (Å²) in [5.41, 5.74) is 2.70. The number of imide groups is 1. The normalized spacial score (nSPS) is 12.8. The van der Waals surface area contributed by atoms with E-state index in [9.17, 15) is 14.4 Å². The van der Waals surface area contributed by atoms with Gasteiger partial charge in [-0.15, -0.1) is 0 Å². The van der Waals surface area contributed by atoms with Crippen LogP contribution in [0, 0.1) is 13.8 Å². The third kappa shape index (κ3) is 3.25. The molecular formula is C23H17NO5. The number of rotatable bonds is 4. The number of benzene rings is 3. The standard InChI is InChI=1S/C23H17NO5/c1-13-3-4-14(2)20(11-13)29-17-8-6-16(7-9-17)24-21(25)18-10-5-15(23(27)28)12-19(18)22(24)26/h3-12H,1-2H3,(H,27,28). The van der Waals surface area contributed by atoms with Crippen LogP contribution in [0.15, 0.2) is 60.7 Å². The summed E-state index contributed by atoms with van der Waals surface area (Å²) >= 11 is 0. The van der Waals surface area contributed by atoms with E-state index in [0.717, 1.165) is 21.8 Å². The number of carboxylic acid groups (broad SMARTS) is 1. The predicted octanol–water partition coefficient (Wildman–Crippen LogP) is 4.59. The Balaban J connectivity index is 1.61. The van der Waals surface area contributed by atoms with Crippen molar-refractivity contribution in [2.24, 2.45) is 0 Å². The first kappa shape index (κ1) is 18.4. The maximum absolute atomic E-state index is 12.7. The number of amides is 2. The number of aromatic carboxylic acids is 1. The van der Waals surface area contributed by atoms with Gasteiger partial charge in [0.1, 0.15) is 11.5 Å². The Kier molecular flexibility index (Phi) is 4.39. The highest BCUT2D eigenvalue weighted by Crippen LogP contribution is 2.32. The second-order valence-electron chi connectivity index (χ2n) is 6.88. The third-order valence-corrected chi connectivity index (χ3v) is 4.80. The Hall–Kier alpha value is -3.93. The number of ether oxygens (including phenoxy) is 1. The van der Waals surface area contributed by atoms with Crippen LogP contribution in [0.4, 0.5) is 5.69 Å². The highest BCUT2D eigenvalue weighted by molar-refractivity contribution is 6.34. The van der Waals surface area contributed by atoms with Crippen LogP contribution in [0.3, 0.4) is 0 Å². The molecule has 1 N–H and O–H groups in total. The molecule has 6 heteroatoms. The summed E-state index contributed by atoms with van der Waals surface area (Å²) in [6.07, 6.45) is 0. The fourth-order valence-corrected chi connectivity index (χ4v) is 3.22. The second-order valence-corrected chi connectivity index (χ2v) is 6.88. The number of nitrogens with zero attached hydrogens (tertiary/aromatic N) is 1. The topological polar surface area (TPSA) is 83.9 Å². The van der Waals surface area contributed by atoms with E-state index in [0.29, 0.717) is 11.4 Å². The molecule has 0 unspecified atom stereocenters. The molecule has 0 spiro atoms. The van der Waals surface area contributed by atoms with Gasteiger partial charge in [-0.1, -0.05) is 12.1 Å². The zero-order chi connectivity index (χ0) is 20.7. The Morgan fingerprint density at radius 2 is 1.55 bits per heavy atom. The number of carbonyl (C=O) groups is 3. The zero-order valence-electron chi connectivity index (χ0n) is 15.8. The van der Waals surface area contributed by atoms with Crippen LogP contribution in [0.2, 0.25) is 0 Å². The summed E-state index contributed by atoms with van der Waals surface area (Å²) in [5, 5.41) is 9.12. The molecule has 0 saturated heterocycles. The number of carboxylic acids is 1. The summed E-state index contributed by atoms with van der Waals surface area (Å²) in [6, 6.07) is 16.5. The summed E-state index contributed by atoms with van der Waals surface area (Å²) in [5.74, 6) is -0.868. The molecule has 6 nitrogen and oxygen atoms in total. The Labute approximate surface area is 167 Å². The SMILES string of the molecule is Cc1ccc(C)c(Oc2ccc(N3C(=O)c4ccc(C(=O)O)cc4C3=O)cc2)c1. The lowest BCUT2D eigenvalue weighted by atomic mass is 10.1. The van der Waals surface area contributed by atoms with Crippen LogP contribution >= 0.6 is 0 Å². The second kappa shape index (κ2) is 6.91. The number of hydrogen-bond donors (Lipinski definition) is 1.